The summed E-state index contributed by atoms with van der Waals surface area (Å²) in [6.45, 7) is 14.7. The number of nitrogens with one attached hydrogen (secondary N) is 2. The molecule has 1 saturated carbocycles. The minimum atomic E-state index is -0.304. The number of aryl methyl sites for hydroxylation is 2. The average Bonchev–Trinajstić information content (AvgIpc) is 3.69. The molecule has 42 heavy (non-hydrogen) atoms. The van der Waals surface area contributed by atoms with Crippen molar-refractivity contribution in [1.82, 2.24) is 15.0 Å². The summed E-state index contributed by atoms with van der Waals surface area (Å²) in [5.41, 5.74) is 12.7. The number of rotatable bonds is 9. The van der Waals surface area contributed by atoms with E-state index in [0.29, 0.717) is 34.5 Å². The van der Waals surface area contributed by atoms with E-state index in [1.54, 1.807) is 19.2 Å². The number of hydrogen-bond donors (Lipinski definition) is 4. The van der Waals surface area contributed by atoms with Gasteiger partial charge in [-0.25, -0.2) is 10.8 Å². The lowest BCUT2D eigenvalue weighted by Crippen LogP contribution is -2.26. The largest absolute Gasteiger partial charge is 0.491 e. The molecule has 1 aromatic heterocycles. The van der Waals surface area contributed by atoms with Gasteiger partial charge in [-0.05, 0) is 81.3 Å². The Morgan fingerprint density at radius 2 is 1.88 bits per heavy atom. The first kappa shape index (κ1) is 32.5. The monoisotopic (exact) mass is 577 g/mol. The Balaban J connectivity index is 0.000000332. The van der Waals surface area contributed by atoms with Crippen LogP contribution in [0.5, 0.6) is 11.5 Å². The number of methoxy groups -OCH3 is 1. The van der Waals surface area contributed by atoms with Crippen LogP contribution >= 0.6 is 0 Å². The molecule has 6 N–H and O–H groups in total. The maximum atomic E-state index is 13.0. The fourth-order valence-electron chi connectivity index (χ4n) is 4.70. The highest BCUT2D eigenvalue weighted by Gasteiger charge is 2.29. The van der Waals surface area contributed by atoms with Crippen LogP contribution in [0.15, 0.2) is 48.9 Å². The van der Waals surface area contributed by atoms with Crippen molar-refractivity contribution in [2.45, 2.75) is 78.7 Å². The Hall–Kier alpha value is -4.02. The van der Waals surface area contributed by atoms with Crippen molar-refractivity contribution in [2.75, 3.05) is 24.5 Å². The first-order chi connectivity index (χ1) is 19.8. The molecule has 0 unspecified atom stereocenters. The number of benzene rings is 2. The van der Waals surface area contributed by atoms with E-state index in [1.165, 1.54) is 48.9 Å². The predicted molar refractivity (Wildman–Crippen MR) is 170 cm³/mol. The molecule has 0 radical (unpaired) electrons. The van der Waals surface area contributed by atoms with Crippen LogP contribution in [0.3, 0.4) is 0 Å². The summed E-state index contributed by atoms with van der Waals surface area (Å²) >= 11 is 0. The zero-order valence-electron chi connectivity index (χ0n) is 26.4. The van der Waals surface area contributed by atoms with E-state index >= 15 is 0 Å². The van der Waals surface area contributed by atoms with E-state index in [9.17, 15) is 4.79 Å². The van der Waals surface area contributed by atoms with E-state index in [-0.39, 0.29) is 11.3 Å². The number of hydroxylamine groups is 1. The molecule has 2 aromatic carbocycles. The third kappa shape index (κ3) is 7.83. The molecule has 1 heterocycles. The van der Waals surface area contributed by atoms with Gasteiger partial charge in [-0.2, -0.15) is 5.48 Å². The molecule has 0 spiro atoms. The zero-order valence-corrected chi connectivity index (χ0v) is 26.4. The molecule has 1 aliphatic carbocycles. The molecule has 1 fully saturated rings. The Morgan fingerprint density at radius 1 is 1.19 bits per heavy atom. The van der Waals surface area contributed by atoms with Crippen LogP contribution in [0.1, 0.15) is 92.4 Å². The molecule has 1 aliphatic rings. The molecule has 1 amide bonds. The molecule has 0 bridgehead atoms. The van der Waals surface area contributed by atoms with Crippen molar-refractivity contribution in [3.05, 3.63) is 77.1 Å². The Morgan fingerprint density at radius 3 is 2.43 bits per heavy atom. The summed E-state index contributed by atoms with van der Waals surface area (Å²) in [6, 6.07) is 9.60. The first-order valence-electron chi connectivity index (χ1n) is 14.3. The summed E-state index contributed by atoms with van der Waals surface area (Å²) in [5, 5.41) is 4.30. The fraction of sp³-hybridized carbons (Fsp3) is 0.438. The molecule has 4 rings (SSSR count). The lowest BCUT2D eigenvalue weighted by Gasteiger charge is -2.23. The number of ether oxygens (including phenoxy) is 1. The van der Waals surface area contributed by atoms with Crippen LogP contribution in [-0.2, 0) is 5.41 Å². The van der Waals surface area contributed by atoms with Gasteiger partial charge in [0.2, 0.25) is 0 Å². The maximum absolute atomic E-state index is 13.0. The second-order valence-corrected chi connectivity index (χ2v) is 11.8. The van der Waals surface area contributed by atoms with Gasteiger partial charge in [0, 0.05) is 48.9 Å². The Kier molecular flexibility index (Phi) is 10.6. The summed E-state index contributed by atoms with van der Waals surface area (Å²) in [4.78, 5) is 23.0. The highest BCUT2D eigenvalue weighted by molar-refractivity contribution is 6.06. The number of hydrazine groups is 1. The second kappa shape index (κ2) is 13.8. The zero-order chi connectivity index (χ0) is 31.2. The number of anilines is 2. The summed E-state index contributed by atoms with van der Waals surface area (Å²) in [5.74, 6) is 8.66. The topological polar surface area (TPSA) is 133 Å². The van der Waals surface area contributed by atoms with Crippen molar-refractivity contribution in [2.24, 2.45) is 11.6 Å². The molecule has 0 atom stereocenters. The third-order valence-electron chi connectivity index (χ3n) is 7.05. The van der Waals surface area contributed by atoms with Crippen LogP contribution in [0, 0.1) is 13.8 Å². The van der Waals surface area contributed by atoms with Crippen molar-refractivity contribution >= 4 is 17.3 Å². The molecule has 0 saturated heterocycles. The number of amides is 1. The number of carbonyl (C=O) groups is 1. The van der Waals surface area contributed by atoms with E-state index in [4.69, 9.17) is 21.2 Å². The number of imidazole rings is 1. The quantitative estimate of drug-likeness (QED) is 0.185. The van der Waals surface area contributed by atoms with Crippen molar-refractivity contribution in [1.29, 1.82) is 0 Å². The third-order valence-corrected chi connectivity index (χ3v) is 7.05. The predicted octanol–water partition coefficient (Wildman–Crippen LogP) is 5.83. The molecular weight excluding hydrogens is 530 g/mol. The van der Waals surface area contributed by atoms with Gasteiger partial charge in [0.15, 0.2) is 11.5 Å². The van der Waals surface area contributed by atoms with Gasteiger partial charge in [-0.3, -0.25) is 9.80 Å². The van der Waals surface area contributed by atoms with Gasteiger partial charge in [-0.15, -0.1) is 0 Å². The maximum Gasteiger partial charge on any atom is 0.255 e. The second-order valence-electron chi connectivity index (χ2n) is 11.8. The first-order valence-corrected chi connectivity index (χ1v) is 14.3. The van der Waals surface area contributed by atoms with Crippen molar-refractivity contribution < 1.29 is 14.4 Å². The van der Waals surface area contributed by atoms with Crippen LogP contribution in [0.2, 0.25) is 0 Å². The number of nitrogens with zero attached hydrogens (tertiary/aromatic N) is 3. The molecule has 10 nitrogen and oxygen atoms in total. The molecule has 228 valence electrons. The molecular formula is C32H47N7O3. The van der Waals surface area contributed by atoms with Gasteiger partial charge >= 0.3 is 0 Å². The highest BCUT2D eigenvalue weighted by Crippen LogP contribution is 2.41. The normalized spacial score (nSPS) is 13.1. The van der Waals surface area contributed by atoms with Crippen LogP contribution < -0.4 is 37.0 Å². The van der Waals surface area contributed by atoms with Crippen molar-refractivity contribution in [3.63, 3.8) is 0 Å². The summed E-state index contributed by atoms with van der Waals surface area (Å²) < 4.78 is 7.87. The summed E-state index contributed by atoms with van der Waals surface area (Å²) in [6.07, 6.45) is 7.51. The summed E-state index contributed by atoms with van der Waals surface area (Å²) in [7, 11) is 3.18. The van der Waals surface area contributed by atoms with Crippen LogP contribution in [0.4, 0.5) is 11.4 Å². The van der Waals surface area contributed by atoms with E-state index < -0.39 is 0 Å². The highest BCUT2D eigenvalue weighted by atomic mass is 16.7. The van der Waals surface area contributed by atoms with Gasteiger partial charge in [0.1, 0.15) is 5.82 Å². The van der Waals surface area contributed by atoms with E-state index in [1.807, 2.05) is 31.3 Å². The lowest BCUT2D eigenvalue weighted by molar-refractivity contribution is 0.102. The molecule has 0 aliphatic heterocycles. The fourth-order valence-corrected chi connectivity index (χ4v) is 4.70. The Bertz CT molecular complexity index is 1400. The SMILES string of the molecule is CNOc1cc(C(C)(C)C)cc(NC(=O)c2ccc(C)c(N(N)/C=C\N)c2)c1OC.Cc1cnc(C2CC2)n1C(C)C. The van der Waals surface area contributed by atoms with Crippen LogP contribution in [-0.4, -0.2) is 29.6 Å². The average molecular weight is 578 g/mol. The Labute approximate surface area is 250 Å². The number of carbonyl (C=O) groups excluding carboxylic acids is 1. The van der Waals surface area contributed by atoms with Gasteiger partial charge in [-0.1, -0.05) is 26.8 Å². The molecule has 3 aromatic rings. The smallest absolute Gasteiger partial charge is 0.255 e. The van der Waals surface area contributed by atoms with E-state index in [2.05, 4.69) is 61.9 Å². The van der Waals surface area contributed by atoms with Gasteiger partial charge in [0.05, 0.1) is 18.5 Å². The number of nitrogens with two attached hydrogens (primary N) is 2. The number of hydrogen-bond acceptors (Lipinski definition) is 8. The standard InChI is InChI=1S/C22H31N5O3.C10H16N2/c1-14-7-8-15(11-18(14)27(24)10-9-23)21(28)26-17-12-16(22(2,3)4)13-19(30-25-5)20(17)29-6;1-7(2)12-8(3)6-11-10(12)9-4-5-9/h7-13,25H,23-24H2,1-6H3,(H,26,28);6-7,9H,4-5H2,1-3H3/b10-9-;. The number of aromatic nitrogens is 2. The van der Waals surface area contributed by atoms with E-state index in [0.717, 1.165) is 17.0 Å². The minimum Gasteiger partial charge on any atom is -0.491 e. The van der Waals surface area contributed by atoms with Gasteiger partial charge in [0.25, 0.3) is 5.91 Å². The minimum absolute atomic E-state index is 0.163. The van der Waals surface area contributed by atoms with Crippen molar-refractivity contribution in [3.8, 4) is 11.5 Å². The van der Waals surface area contributed by atoms with Gasteiger partial charge < -0.3 is 25.2 Å². The lowest BCUT2D eigenvalue weighted by atomic mass is 9.86. The molecule has 10 heteroatoms. The van der Waals surface area contributed by atoms with Crippen LogP contribution in [0.25, 0.3) is 0 Å².